The number of carbonyl (C=O) groups is 1. The molecular weight excluding hydrogens is 396 g/mol. The molecule has 0 radical (unpaired) electrons. The summed E-state index contributed by atoms with van der Waals surface area (Å²) in [7, 11) is -3.68. The number of hydrogen-bond acceptors (Lipinski definition) is 6. The summed E-state index contributed by atoms with van der Waals surface area (Å²) in [5.74, 6) is 0.428. The molecule has 0 aliphatic carbocycles. The van der Waals surface area contributed by atoms with E-state index in [1.165, 1.54) is 8.99 Å². The number of sulfonamides is 1. The van der Waals surface area contributed by atoms with E-state index in [1.54, 1.807) is 38.1 Å². The molecule has 0 bridgehead atoms. The Bertz CT molecular complexity index is 963. The van der Waals surface area contributed by atoms with Gasteiger partial charge in [-0.3, -0.25) is 9.48 Å². The van der Waals surface area contributed by atoms with Gasteiger partial charge in [0.2, 0.25) is 15.9 Å². The van der Waals surface area contributed by atoms with E-state index in [0.717, 1.165) is 5.75 Å². The molecule has 0 unspecified atom stereocenters. The Hall–Kier alpha value is -2.43. The van der Waals surface area contributed by atoms with Crippen LogP contribution in [0, 0.1) is 13.8 Å². The van der Waals surface area contributed by atoms with Gasteiger partial charge in [-0.25, -0.2) is 8.42 Å². The minimum atomic E-state index is -3.68. The van der Waals surface area contributed by atoms with Crippen LogP contribution in [-0.4, -0.2) is 61.3 Å². The van der Waals surface area contributed by atoms with Crippen molar-refractivity contribution in [2.45, 2.75) is 32.2 Å². The SMILES string of the molecule is CCOc1ccc(NC(=O)Cn2nc(C)c(S(=O)(=O)N3CCOCC3)c2C)cc1. The molecule has 0 spiro atoms. The van der Waals surface area contributed by atoms with E-state index in [4.69, 9.17) is 9.47 Å². The normalized spacial score (nSPS) is 15.3. The summed E-state index contributed by atoms with van der Waals surface area (Å²) in [4.78, 5) is 12.6. The highest BCUT2D eigenvalue weighted by Crippen LogP contribution is 2.24. The zero-order valence-corrected chi connectivity index (χ0v) is 17.7. The molecule has 3 rings (SSSR count). The highest BCUT2D eigenvalue weighted by atomic mass is 32.2. The molecular formula is C19H26N4O5S. The number of nitrogens with one attached hydrogen (secondary N) is 1. The molecule has 0 saturated carbocycles. The lowest BCUT2D eigenvalue weighted by molar-refractivity contribution is -0.116. The zero-order chi connectivity index (χ0) is 21.0. The molecule has 2 heterocycles. The average molecular weight is 423 g/mol. The molecule has 1 aromatic carbocycles. The molecule has 1 aliphatic heterocycles. The Morgan fingerprint density at radius 1 is 1.21 bits per heavy atom. The molecule has 1 fully saturated rings. The number of morpholine rings is 1. The molecule has 1 amide bonds. The number of benzene rings is 1. The third-order valence-electron chi connectivity index (χ3n) is 4.63. The van der Waals surface area contributed by atoms with Gasteiger partial charge in [0.15, 0.2) is 0 Å². The predicted molar refractivity (Wildman–Crippen MR) is 108 cm³/mol. The fourth-order valence-electron chi connectivity index (χ4n) is 3.26. The predicted octanol–water partition coefficient (Wildman–Crippen LogP) is 1.56. The Morgan fingerprint density at radius 3 is 2.48 bits per heavy atom. The van der Waals surface area contributed by atoms with Gasteiger partial charge in [0.1, 0.15) is 17.2 Å². The summed E-state index contributed by atoms with van der Waals surface area (Å²) in [5, 5.41) is 7.08. The van der Waals surface area contributed by atoms with E-state index in [-0.39, 0.29) is 17.3 Å². The van der Waals surface area contributed by atoms with E-state index >= 15 is 0 Å². The van der Waals surface area contributed by atoms with Crippen molar-refractivity contribution in [2.24, 2.45) is 0 Å². The minimum Gasteiger partial charge on any atom is -0.494 e. The highest BCUT2D eigenvalue weighted by Gasteiger charge is 2.32. The molecule has 9 nitrogen and oxygen atoms in total. The Balaban J connectivity index is 1.73. The van der Waals surface area contributed by atoms with E-state index in [9.17, 15) is 13.2 Å². The van der Waals surface area contributed by atoms with Gasteiger partial charge in [-0.1, -0.05) is 0 Å². The minimum absolute atomic E-state index is 0.0848. The summed E-state index contributed by atoms with van der Waals surface area (Å²) in [6, 6.07) is 7.04. The van der Waals surface area contributed by atoms with Crippen LogP contribution < -0.4 is 10.1 Å². The highest BCUT2D eigenvalue weighted by molar-refractivity contribution is 7.89. The molecule has 1 saturated heterocycles. The van der Waals surface area contributed by atoms with Crippen molar-refractivity contribution >= 4 is 21.6 Å². The average Bonchev–Trinajstić information content (AvgIpc) is 2.98. The monoisotopic (exact) mass is 422 g/mol. The van der Waals surface area contributed by atoms with Crippen molar-refractivity contribution in [1.82, 2.24) is 14.1 Å². The number of ether oxygens (including phenoxy) is 2. The quantitative estimate of drug-likeness (QED) is 0.726. The summed E-state index contributed by atoms with van der Waals surface area (Å²) in [6.07, 6.45) is 0. The zero-order valence-electron chi connectivity index (χ0n) is 16.8. The largest absolute Gasteiger partial charge is 0.494 e. The first kappa shape index (κ1) is 21.3. The van der Waals surface area contributed by atoms with Crippen LogP contribution in [0.25, 0.3) is 0 Å². The van der Waals surface area contributed by atoms with Crippen molar-refractivity contribution in [2.75, 3.05) is 38.2 Å². The Morgan fingerprint density at radius 2 is 1.86 bits per heavy atom. The third-order valence-corrected chi connectivity index (χ3v) is 6.78. The number of amides is 1. The first-order chi connectivity index (χ1) is 13.8. The summed E-state index contributed by atoms with van der Waals surface area (Å²) in [5.41, 5.74) is 1.44. The Kier molecular flexibility index (Phi) is 6.56. The second-order valence-electron chi connectivity index (χ2n) is 6.68. The maximum atomic E-state index is 13.0. The molecule has 1 N–H and O–H groups in total. The fourth-order valence-corrected chi connectivity index (χ4v) is 5.04. The van der Waals surface area contributed by atoms with Crippen LogP contribution in [0.2, 0.25) is 0 Å². The third kappa shape index (κ3) is 4.77. The van der Waals surface area contributed by atoms with Crippen molar-refractivity contribution in [3.63, 3.8) is 0 Å². The lowest BCUT2D eigenvalue weighted by Crippen LogP contribution is -2.41. The van der Waals surface area contributed by atoms with Gasteiger partial charge in [-0.05, 0) is 45.0 Å². The van der Waals surface area contributed by atoms with Crippen molar-refractivity contribution in [3.05, 3.63) is 35.7 Å². The van der Waals surface area contributed by atoms with Gasteiger partial charge in [-0.2, -0.15) is 9.40 Å². The summed E-state index contributed by atoms with van der Waals surface area (Å²) >= 11 is 0. The molecule has 29 heavy (non-hydrogen) atoms. The maximum Gasteiger partial charge on any atom is 0.246 e. The lowest BCUT2D eigenvalue weighted by Gasteiger charge is -2.26. The molecule has 2 aromatic rings. The maximum absolute atomic E-state index is 13.0. The van der Waals surface area contributed by atoms with E-state index in [0.29, 0.717) is 50.0 Å². The van der Waals surface area contributed by atoms with Crippen LogP contribution in [0.15, 0.2) is 29.2 Å². The van der Waals surface area contributed by atoms with Gasteiger partial charge in [0, 0.05) is 18.8 Å². The topological polar surface area (TPSA) is 103 Å². The summed E-state index contributed by atoms with van der Waals surface area (Å²) in [6.45, 7) is 7.05. The van der Waals surface area contributed by atoms with Gasteiger partial charge in [0.05, 0.1) is 31.2 Å². The van der Waals surface area contributed by atoms with Gasteiger partial charge in [0.25, 0.3) is 0 Å². The standard InChI is InChI=1S/C19H26N4O5S/c1-4-28-17-7-5-16(6-8-17)20-18(24)13-23-15(3)19(14(2)21-23)29(25,26)22-9-11-27-12-10-22/h5-8H,4,9-13H2,1-3H3,(H,20,24). The first-order valence-corrected chi connectivity index (χ1v) is 10.9. The van der Waals surface area contributed by atoms with Crippen LogP contribution in [0.1, 0.15) is 18.3 Å². The number of anilines is 1. The van der Waals surface area contributed by atoms with Crippen LogP contribution in [0.4, 0.5) is 5.69 Å². The van der Waals surface area contributed by atoms with Crippen molar-refractivity contribution < 1.29 is 22.7 Å². The van der Waals surface area contributed by atoms with Crippen molar-refractivity contribution in [1.29, 1.82) is 0 Å². The van der Waals surface area contributed by atoms with E-state index in [2.05, 4.69) is 10.4 Å². The Labute approximate surface area is 170 Å². The summed E-state index contributed by atoms with van der Waals surface area (Å²) < 4.78 is 39.5. The number of carbonyl (C=O) groups excluding carboxylic acids is 1. The van der Waals surface area contributed by atoms with Crippen LogP contribution in [0.3, 0.4) is 0 Å². The molecule has 1 aliphatic rings. The lowest BCUT2D eigenvalue weighted by atomic mass is 10.3. The van der Waals surface area contributed by atoms with E-state index in [1.807, 2.05) is 6.92 Å². The number of aryl methyl sites for hydroxylation is 1. The molecule has 0 atom stereocenters. The number of aromatic nitrogens is 2. The smallest absolute Gasteiger partial charge is 0.246 e. The van der Waals surface area contributed by atoms with Gasteiger partial charge >= 0.3 is 0 Å². The van der Waals surface area contributed by atoms with Crippen LogP contribution >= 0.6 is 0 Å². The number of hydrogen-bond donors (Lipinski definition) is 1. The molecule has 158 valence electrons. The molecule has 10 heteroatoms. The fraction of sp³-hybridized carbons (Fsp3) is 0.474. The first-order valence-electron chi connectivity index (χ1n) is 9.47. The van der Waals surface area contributed by atoms with E-state index < -0.39 is 10.0 Å². The van der Waals surface area contributed by atoms with Gasteiger partial charge in [-0.15, -0.1) is 0 Å². The van der Waals surface area contributed by atoms with Crippen molar-refractivity contribution in [3.8, 4) is 5.75 Å². The second kappa shape index (κ2) is 8.93. The second-order valence-corrected chi connectivity index (χ2v) is 8.55. The van der Waals surface area contributed by atoms with Crippen LogP contribution in [-0.2, 0) is 26.1 Å². The molecule has 1 aromatic heterocycles. The number of nitrogens with zero attached hydrogens (tertiary/aromatic N) is 3. The van der Waals surface area contributed by atoms with Gasteiger partial charge < -0.3 is 14.8 Å². The van der Waals surface area contributed by atoms with Crippen LogP contribution in [0.5, 0.6) is 5.75 Å². The number of rotatable bonds is 7.